The average Bonchev–Trinajstić information content (AvgIpc) is 2.71. The van der Waals surface area contributed by atoms with Crippen molar-refractivity contribution in [3.8, 4) is 0 Å². The molecule has 0 aliphatic carbocycles. The second-order valence-electron chi connectivity index (χ2n) is 4.07. The third-order valence-corrected chi connectivity index (χ3v) is 2.76. The molecule has 0 amide bonds. The number of hydrogen-bond acceptors (Lipinski definition) is 5. The SMILES string of the molecule is CNCCCN(C)c1nccn2c(C)nnc12. The lowest BCUT2D eigenvalue weighted by Gasteiger charge is -2.17. The molecule has 0 saturated carbocycles. The molecule has 0 aliphatic heterocycles. The van der Waals surface area contributed by atoms with Gasteiger partial charge in [0.2, 0.25) is 5.65 Å². The molecule has 2 aromatic rings. The Balaban J connectivity index is 2.22. The number of aromatic nitrogens is 4. The zero-order valence-electron chi connectivity index (χ0n) is 10.5. The smallest absolute Gasteiger partial charge is 0.203 e. The molecule has 2 heterocycles. The molecule has 6 heteroatoms. The van der Waals surface area contributed by atoms with Gasteiger partial charge in [-0.25, -0.2) is 4.98 Å². The van der Waals surface area contributed by atoms with Gasteiger partial charge in [0.1, 0.15) is 5.82 Å². The number of anilines is 1. The largest absolute Gasteiger partial charge is 0.356 e. The van der Waals surface area contributed by atoms with E-state index in [4.69, 9.17) is 0 Å². The molecule has 0 fully saturated rings. The Labute approximate surface area is 101 Å². The van der Waals surface area contributed by atoms with Crippen LogP contribution < -0.4 is 10.2 Å². The highest BCUT2D eigenvalue weighted by Crippen LogP contribution is 2.15. The molecule has 17 heavy (non-hydrogen) atoms. The van der Waals surface area contributed by atoms with Crippen LogP contribution in [0, 0.1) is 6.92 Å². The van der Waals surface area contributed by atoms with Crippen molar-refractivity contribution in [1.29, 1.82) is 0 Å². The first-order valence-corrected chi connectivity index (χ1v) is 5.76. The summed E-state index contributed by atoms with van der Waals surface area (Å²) in [5.41, 5.74) is 0.817. The molecular formula is C11H18N6. The standard InChI is InChI=1S/C11H18N6/c1-9-14-15-11-10(13-6-8-17(9)11)16(3)7-4-5-12-2/h6,8,12H,4-5,7H2,1-3H3. The number of aryl methyl sites for hydroxylation is 1. The quantitative estimate of drug-likeness (QED) is 0.762. The van der Waals surface area contributed by atoms with Crippen molar-refractivity contribution in [2.24, 2.45) is 0 Å². The number of rotatable bonds is 5. The minimum atomic E-state index is 0.817. The summed E-state index contributed by atoms with van der Waals surface area (Å²) in [5.74, 6) is 1.76. The fourth-order valence-electron chi connectivity index (χ4n) is 1.80. The fraction of sp³-hybridized carbons (Fsp3) is 0.545. The number of hydrogen-bond donors (Lipinski definition) is 1. The van der Waals surface area contributed by atoms with E-state index in [2.05, 4.69) is 25.4 Å². The van der Waals surface area contributed by atoms with Gasteiger partial charge in [-0.1, -0.05) is 0 Å². The molecule has 0 aliphatic rings. The third kappa shape index (κ3) is 2.36. The fourth-order valence-corrected chi connectivity index (χ4v) is 1.80. The van der Waals surface area contributed by atoms with Gasteiger partial charge < -0.3 is 10.2 Å². The number of fused-ring (bicyclic) bond motifs is 1. The molecule has 92 valence electrons. The predicted octanol–water partition coefficient (Wildman–Crippen LogP) is 0.478. The van der Waals surface area contributed by atoms with Gasteiger partial charge in [-0.3, -0.25) is 4.40 Å². The molecule has 0 bridgehead atoms. The van der Waals surface area contributed by atoms with Crippen molar-refractivity contribution in [1.82, 2.24) is 24.9 Å². The lowest BCUT2D eigenvalue weighted by molar-refractivity contribution is 0.709. The van der Waals surface area contributed by atoms with Crippen LogP contribution in [-0.2, 0) is 0 Å². The molecule has 0 unspecified atom stereocenters. The van der Waals surface area contributed by atoms with Crippen LogP contribution in [0.1, 0.15) is 12.2 Å². The van der Waals surface area contributed by atoms with Gasteiger partial charge in [0.05, 0.1) is 0 Å². The van der Waals surface area contributed by atoms with E-state index in [0.29, 0.717) is 0 Å². The Morgan fingerprint density at radius 2 is 2.24 bits per heavy atom. The van der Waals surface area contributed by atoms with E-state index in [1.807, 2.05) is 31.6 Å². The van der Waals surface area contributed by atoms with Crippen LogP contribution in [0.3, 0.4) is 0 Å². The maximum atomic E-state index is 4.38. The predicted molar refractivity (Wildman–Crippen MR) is 67.3 cm³/mol. The second kappa shape index (κ2) is 5.09. The summed E-state index contributed by atoms with van der Waals surface area (Å²) >= 11 is 0. The van der Waals surface area contributed by atoms with Gasteiger partial charge >= 0.3 is 0 Å². The van der Waals surface area contributed by atoms with Gasteiger partial charge in [0.15, 0.2) is 5.82 Å². The average molecular weight is 234 g/mol. The van der Waals surface area contributed by atoms with Crippen molar-refractivity contribution < 1.29 is 0 Å². The number of nitrogens with zero attached hydrogens (tertiary/aromatic N) is 5. The van der Waals surface area contributed by atoms with E-state index < -0.39 is 0 Å². The first-order chi connectivity index (χ1) is 8.24. The molecule has 6 nitrogen and oxygen atoms in total. The topological polar surface area (TPSA) is 58.4 Å². The van der Waals surface area contributed by atoms with Crippen LogP contribution in [0.4, 0.5) is 5.82 Å². The highest BCUT2D eigenvalue weighted by atomic mass is 15.3. The van der Waals surface area contributed by atoms with Crippen molar-refractivity contribution in [2.75, 3.05) is 32.1 Å². The van der Waals surface area contributed by atoms with Crippen LogP contribution in [0.25, 0.3) is 5.65 Å². The van der Waals surface area contributed by atoms with Gasteiger partial charge in [-0.2, -0.15) is 0 Å². The van der Waals surface area contributed by atoms with Crippen molar-refractivity contribution in [3.63, 3.8) is 0 Å². The van der Waals surface area contributed by atoms with Gasteiger partial charge in [-0.15, -0.1) is 10.2 Å². The van der Waals surface area contributed by atoms with Crippen molar-refractivity contribution in [2.45, 2.75) is 13.3 Å². The van der Waals surface area contributed by atoms with Crippen LogP contribution in [0.5, 0.6) is 0 Å². The molecule has 0 aromatic carbocycles. The summed E-state index contributed by atoms with van der Waals surface area (Å²) in [7, 11) is 3.99. The Hall–Kier alpha value is -1.69. The highest BCUT2D eigenvalue weighted by molar-refractivity contribution is 5.63. The summed E-state index contributed by atoms with van der Waals surface area (Å²) < 4.78 is 1.96. The zero-order valence-corrected chi connectivity index (χ0v) is 10.5. The molecule has 2 aromatic heterocycles. The van der Waals surface area contributed by atoms with Crippen LogP contribution in [0.2, 0.25) is 0 Å². The van der Waals surface area contributed by atoms with E-state index in [1.165, 1.54) is 0 Å². The summed E-state index contributed by atoms with van der Waals surface area (Å²) in [4.78, 5) is 6.49. The van der Waals surface area contributed by atoms with Crippen LogP contribution >= 0.6 is 0 Å². The zero-order chi connectivity index (χ0) is 12.3. The summed E-state index contributed by atoms with van der Waals surface area (Å²) in [6.45, 7) is 3.88. The minimum absolute atomic E-state index is 0.817. The maximum absolute atomic E-state index is 4.38. The number of nitrogens with one attached hydrogen (secondary N) is 1. The molecule has 1 N–H and O–H groups in total. The lowest BCUT2D eigenvalue weighted by atomic mass is 10.4. The maximum Gasteiger partial charge on any atom is 0.203 e. The van der Waals surface area contributed by atoms with Gasteiger partial charge in [0, 0.05) is 26.0 Å². The Morgan fingerprint density at radius 3 is 3.00 bits per heavy atom. The molecule has 2 rings (SSSR count). The van der Waals surface area contributed by atoms with Crippen molar-refractivity contribution >= 4 is 11.5 Å². The first kappa shape index (κ1) is 11.8. The second-order valence-corrected chi connectivity index (χ2v) is 4.07. The van der Waals surface area contributed by atoms with Gasteiger partial charge in [0.25, 0.3) is 0 Å². The summed E-state index contributed by atoms with van der Waals surface area (Å²) in [6, 6.07) is 0. The third-order valence-electron chi connectivity index (χ3n) is 2.76. The molecule has 0 saturated heterocycles. The lowest BCUT2D eigenvalue weighted by Crippen LogP contribution is -2.23. The molecule has 0 radical (unpaired) electrons. The Bertz CT molecular complexity index is 492. The van der Waals surface area contributed by atoms with E-state index >= 15 is 0 Å². The van der Waals surface area contributed by atoms with Crippen LogP contribution in [0.15, 0.2) is 12.4 Å². The van der Waals surface area contributed by atoms with E-state index in [-0.39, 0.29) is 0 Å². The van der Waals surface area contributed by atoms with Crippen molar-refractivity contribution in [3.05, 3.63) is 18.2 Å². The summed E-state index contributed by atoms with van der Waals surface area (Å²) in [5, 5.41) is 11.4. The molecule has 0 spiro atoms. The first-order valence-electron chi connectivity index (χ1n) is 5.76. The molecular weight excluding hydrogens is 216 g/mol. The van der Waals surface area contributed by atoms with E-state index in [9.17, 15) is 0 Å². The Kier molecular flexibility index (Phi) is 3.53. The molecule has 0 atom stereocenters. The van der Waals surface area contributed by atoms with E-state index in [0.717, 1.165) is 36.8 Å². The van der Waals surface area contributed by atoms with Crippen LogP contribution in [-0.4, -0.2) is 46.8 Å². The minimum Gasteiger partial charge on any atom is -0.356 e. The highest BCUT2D eigenvalue weighted by Gasteiger charge is 2.11. The van der Waals surface area contributed by atoms with Gasteiger partial charge in [-0.05, 0) is 26.9 Å². The van der Waals surface area contributed by atoms with E-state index in [1.54, 1.807) is 6.20 Å². The Morgan fingerprint density at radius 1 is 1.41 bits per heavy atom. The monoisotopic (exact) mass is 234 g/mol. The summed E-state index contributed by atoms with van der Waals surface area (Å²) in [6.07, 6.45) is 4.74. The normalized spacial score (nSPS) is 11.0.